The molecule has 1 rings (SSSR count). The van der Waals surface area contributed by atoms with Crippen molar-refractivity contribution in [3.8, 4) is 0 Å². The fourth-order valence-electron chi connectivity index (χ4n) is 1.87. The van der Waals surface area contributed by atoms with E-state index in [0.717, 1.165) is 28.2 Å². The van der Waals surface area contributed by atoms with Gasteiger partial charge in [0.1, 0.15) is 9.84 Å². The summed E-state index contributed by atoms with van der Waals surface area (Å²) in [5, 5.41) is 7.16. The van der Waals surface area contributed by atoms with Crippen molar-refractivity contribution >= 4 is 39.2 Å². The van der Waals surface area contributed by atoms with Crippen LogP contribution in [-0.4, -0.2) is 51.3 Å². The minimum atomic E-state index is -2.93. The Labute approximate surface area is 154 Å². The average molecular weight is 392 g/mol. The normalized spacial score (nSPS) is 13.6. The maximum atomic E-state index is 11.2. The van der Waals surface area contributed by atoms with E-state index < -0.39 is 9.84 Å². The zero-order chi connectivity index (χ0) is 18.0. The molecule has 0 fully saturated rings. The van der Waals surface area contributed by atoms with Gasteiger partial charge in [-0.3, -0.25) is 4.99 Å². The highest BCUT2D eigenvalue weighted by Crippen LogP contribution is 2.19. The molecule has 0 heterocycles. The van der Waals surface area contributed by atoms with E-state index in [9.17, 15) is 8.42 Å². The third-order valence-corrected chi connectivity index (χ3v) is 5.31. The molecule has 1 unspecified atom stereocenters. The summed E-state index contributed by atoms with van der Waals surface area (Å²) in [5.41, 5.74) is 0. The van der Waals surface area contributed by atoms with Gasteiger partial charge >= 0.3 is 0 Å². The van der Waals surface area contributed by atoms with E-state index in [4.69, 9.17) is 11.6 Å². The first-order chi connectivity index (χ1) is 11.3. The van der Waals surface area contributed by atoms with Crippen LogP contribution in [0.2, 0.25) is 5.02 Å². The summed E-state index contributed by atoms with van der Waals surface area (Å²) in [6.07, 6.45) is 1.82. The van der Waals surface area contributed by atoms with Gasteiger partial charge in [-0.1, -0.05) is 11.6 Å². The monoisotopic (exact) mass is 391 g/mol. The van der Waals surface area contributed by atoms with Crippen LogP contribution in [0, 0.1) is 0 Å². The molecular formula is C16H26ClN3O2S2. The third kappa shape index (κ3) is 10.1. The summed E-state index contributed by atoms with van der Waals surface area (Å²) in [6, 6.07) is 7.78. The molecule has 1 aromatic carbocycles. The molecule has 0 radical (unpaired) electrons. The van der Waals surface area contributed by atoms with Gasteiger partial charge in [0.2, 0.25) is 0 Å². The quantitative estimate of drug-likeness (QED) is 0.293. The molecule has 0 bridgehead atoms. The molecule has 1 atom stereocenters. The van der Waals surface area contributed by atoms with Crippen molar-refractivity contribution in [1.29, 1.82) is 0 Å². The average Bonchev–Trinajstić information content (AvgIpc) is 2.51. The van der Waals surface area contributed by atoms with Gasteiger partial charge in [-0.25, -0.2) is 8.42 Å². The number of rotatable bonds is 9. The van der Waals surface area contributed by atoms with E-state index >= 15 is 0 Å². The SMILES string of the molecule is CCNC(=NCCSc1ccc(Cl)cc1)NC(C)CCS(C)(=O)=O. The Bertz CT molecular complexity index is 619. The molecule has 0 spiro atoms. The summed E-state index contributed by atoms with van der Waals surface area (Å²) in [4.78, 5) is 5.69. The molecule has 0 saturated carbocycles. The zero-order valence-corrected chi connectivity index (χ0v) is 16.8. The number of aliphatic imine (C=N–C) groups is 1. The zero-order valence-electron chi connectivity index (χ0n) is 14.4. The number of hydrogen-bond donors (Lipinski definition) is 2. The highest BCUT2D eigenvalue weighted by molar-refractivity contribution is 7.99. The van der Waals surface area contributed by atoms with Gasteiger partial charge in [0, 0.05) is 34.5 Å². The van der Waals surface area contributed by atoms with Gasteiger partial charge in [0.15, 0.2) is 5.96 Å². The molecule has 5 nitrogen and oxygen atoms in total. The number of sulfone groups is 1. The Hall–Kier alpha value is -0.920. The molecule has 0 amide bonds. The van der Waals surface area contributed by atoms with Crippen LogP contribution in [0.1, 0.15) is 20.3 Å². The van der Waals surface area contributed by atoms with Gasteiger partial charge in [-0.05, 0) is 44.5 Å². The van der Waals surface area contributed by atoms with Gasteiger partial charge in [-0.15, -0.1) is 11.8 Å². The third-order valence-electron chi connectivity index (χ3n) is 3.09. The highest BCUT2D eigenvalue weighted by atomic mass is 35.5. The summed E-state index contributed by atoms with van der Waals surface area (Å²) >= 11 is 7.59. The maximum Gasteiger partial charge on any atom is 0.191 e. The molecule has 0 saturated heterocycles. The van der Waals surface area contributed by atoms with Crippen molar-refractivity contribution in [3.63, 3.8) is 0 Å². The molecule has 2 N–H and O–H groups in total. The lowest BCUT2D eigenvalue weighted by Gasteiger charge is -2.17. The minimum absolute atomic E-state index is 0.0430. The number of guanidine groups is 1. The number of hydrogen-bond acceptors (Lipinski definition) is 4. The number of benzene rings is 1. The van der Waals surface area contributed by atoms with Crippen LogP contribution in [-0.2, 0) is 9.84 Å². The molecule has 1 aromatic rings. The highest BCUT2D eigenvalue weighted by Gasteiger charge is 2.09. The second kappa shape index (κ2) is 10.8. The first-order valence-corrected chi connectivity index (χ1v) is 11.3. The standard InChI is InChI=1S/C16H26ClN3O2S2/c1-4-18-16(20-13(2)9-12-24(3,21)22)19-10-11-23-15-7-5-14(17)6-8-15/h5-8,13H,4,9-12H2,1-3H3,(H2,18,19,20). The van der Waals surface area contributed by atoms with E-state index in [1.165, 1.54) is 6.26 Å². The van der Waals surface area contributed by atoms with Crippen LogP contribution >= 0.6 is 23.4 Å². The summed E-state index contributed by atoms with van der Waals surface area (Å²) < 4.78 is 22.5. The minimum Gasteiger partial charge on any atom is -0.357 e. The van der Waals surface area contributed by atoms with Crippen LogP contribution < -0.4 is 10.6 Å². The molecular weight excluding hydrogens is 366 g/mol. The lowest BCUT2D eigenvalue weighted by Crippen LogP contribution is -2.43. The Balaban J connectivity index is 2.42. The number of nitrogens with one attached hydrogen (secondary N) is 2. The summed E-state index contributed by atoms with van der Waals surface area (Å²) in [7, 11) is -2.93. The van der Waals surface area contributed by atoms with Crippen LogP contribution in [0.3, 0.4) is 0 Å². The Morgan fingerprint density at radius 2 is 2.00 bits per heavy atom. The Morgan fingerprint density at radius 3 is 2.58 bits per heavy atom. The van der Waals surface area contributed by atoms with Crippen molar-refractivity contribution in [1.82, 2.24) is 10.6 Å². The summed E-state index contributed by atoms with van der Waals surface area (Å²) in [5.74, 6) is 1.75. The molecule has 136 valence electrons. The van der Waals surface area contributed by atoms with Gasteiger partial charge in [-0.2, -0.15) is 0 Å². The van der Waals surface area contributed by atoms with Crippen LogP contribution in [0.15, 0.2) is 34.2 Å². The van der Waals surface area contributed by atoms with Gasteiger partial charge in [0.05, 0.1) is 12.3 Å². The second-order valence-corrected chi connectivity index (χ2v) is 9.39. The van der Waals surface area contributed by atoms with Crippen molar-refractivity contribution in [2.75, 3.05) is 30.9 Å². The van der Waals surface area contributed by atoms with Crippen molar-refractivity contribution in [2.45, 2.75) is 31.2 Å². The first kappa shape index (κ1) is 21.1. The molecule has 0 aromatic heterocycles. The predicted octanol–water partition coefficient (Wildman–Crippen LogP) is 2.81. The van der Waals surface area contributed by atoms with Crippen LogP contribution in [0.5, 0.6) is 0 Å². The van der Waals surface area contributed by atoms with Crippen molar-refractivity contribution in [2.24, 2.45) is 4.99 Å². The molecule has 0 aliphatic heterocycles. The smallest absolute Gasteiger partial charge is 0.191 e. The molecule has 8 heteroatoms. The summed E-state index contributed by atoms with van der Waals surface area (Å²) in [6.45, 7) is 5.39. The van der Waals surface area contributed by atoms with E-state index in [1.807, 2.05) is 38.1 Å². The first-order valence-electron chi connectivity index (χ1n) is 7.91. The fraction of sp³-hybridized carbons (Fsp3) is 0.562. The fourth-order valence-corrected chi connectivity index (χ4v) is 3.52. The Morgan fingerprint density at radius 1 is 1.33 bits per heavy atom. The largest absolute Gasteiger partial charge is 0.357 e. The van der Waals surface area contributed by atoms with Crippen LogP contribution in [0.4, 0.5) is 0 Å². The molecule has 0 aliphatic carbocycles. The van der Waals surface area contributed by atoms with Gasteiger partial charge in [0.25, 0.3) is 0 Å². The van der Waals surface area contributed by atoms with E-state index in [1.54, 1.807) is 11.8 Å². The van der Waals surface area contributed by atoms with E-state index in [-0.39, 0.29) is 11.8 Å². The van der Waals surface area contributed by atoms with Crippen molar-refractivity contribution in [3.05, 3.63) is 29.3 Å². The molecule has 0 aliphatic rings. The van der Waals surface area contributed by atoms with Crippen LogP contribution in [0.25, 0.3) is 0 Å². The molecule has 24 heavy (non-hydrogen) atoms. The van der Waals surface area contributed by atoms with E-state index in [2.05, 4.69) is 15.6 Å². The number of nitrogens with zero attached hydrogens (tertiary/aromatic N) is 1. The van der Waals surface area contributed by atoms with Gasteiger partial charge < -0.3 is 10.6 Å². The lowest BCUT2D eigenvalue weighted by atomic mass is 10.3. The van der Waals surface area contributed by atoms with Crippen molar-refractivity contribution < 1.29 is 8.42 Å². The van der Waals surface area contributed by atoms with E-state index in [0.29, 0.717) is 13.0 Å². The number of halogens is 1. The Kier molecular flexibility index (Phi) is 9.54. The maximum absolute atomic E-state index is 11.2. The second-order valence-electron chi connectivity index (χ2n) is 5.53. The lowest BCUT2D eigenvalue weighted by molar-refractivity contribution is 0.581. The number of thioether (sulfide) groups is 1. The topological polar surface area (TPSA) is 70.6 Å². The predicted molar refractivity (Wildman–Crippen MR) is 105 cm³/mol.